The molecule has 0 saturated carbocycles. The van der Waals surface area contributed by atoms with Crippen LogP contribution in [0.4, 0.5) is 0 Å². The van der Waals surface area contributed by atoms with E-state index in [1.165, 1.54) is 0 Å². The number of ether oxygens (including phenoxy) is 1. The Balaban J connectivity index is 3.12. The molecule has 0 rings (SSSR count). The second-order valence-electron chi connectivity index (χ2n) is 1.75. The van der Waals surface area contributed by atoms with Crippen molar-refractivity contribution >= 4 is 5.91 Å². The van der Waals surface area contributed by atoms with Crippen molar-refractivity contribution in [3.8, 4) is 12.3 Å². The molecule has 0 aromatic rings. The molecule has 0 aliphatic carbocycles. The highest BCUT2D eigenvalue weighted by Crippen LogP contribution is 1.76. The molecule has 0 aliphatic rings. The van der Waals surface area contributed by atoms with Gasteiger partial charge in [0.2, 0.25) is 0 Å². The van der Waals surface area contributed by atoms with Crippen LogP contribution in [0.15, 0.2) is 0 Å². The van der Waals surface area contributed by atoms with Crippen LogP contribution in [0.25, 0.3) is 0 Å². The van der Waals surface area contributed by atoms with Crippen molar-refractivity contribution in [1.82, 2.24) is 5.48 Å². The van der Waals surface area contributed by atoms with Gasteiger partial charge in [0, 0.05) is 7.11 Å². The van der Waals surface area contributed by atoms with Gasteiger partial charge in [0.25, 0.3) is 5.91 Å². The monoisotopic (exact) mass is 157 g/mol. The zero-order valence-electron chi connectivity index (χ0n) is 6.42. The molecule has 0 aliphatic heterocycles. The molecule has 4 nitrogen and oxygen atoms in total. The summed E-state index contributed by atoms with van der Waals surface area (Å²) in [5.74, 6) is 1.87. The minimum atomic E-state index is -0.316. The number of hydrogen-bond donors (Lipinski definition) is 1. The van der Waals surface area contributed by atoms with Crippen LogP contribution in [-0.2, 0) is 14.4 Å². The number of terminal acetylenes is 1. The number of rotatable bonds is 5. The van der Waals surface area contributed by atoms with E-state index in [9.17, 15) is 4.79 Å². The summed E-state index contributed by atoms with van der Waals surface area (Å²) in [5, 5.41) is 0. The number of nitrogens with one attached hydrogen (secondary N) is 1. The predicted molar refractivity (Wildman–Crippen MR) is 39.4 cm³/mol. The summed E-state index contributed by atoms with van der Waals surface area (Å²) in [6, 6.07) is 0. The summed E-state index contributed by atoms with van der Waals surface area (Å²) in [7, 11) is 1.55. The molecule has 0 atom stereocenters. The normalized spacial score (nSPS) is 8.73. The van der Waals surface area contributed by atoms with E-state index in [0.717, 1.165) is 0 Å². The van der Waals surface area contributed by atoms with Crippen molar-refractivity contribution in [1.29, 1.82) is 0 Å². The summed E-state index contributed by atoms with van der Waals surface area (Å²) in [4.78, 5) is 15.3. The zero-order valence-corrected chi connectivity index (χ0v) is 6.42. The summed E-state index contributed by atoms with van der Waals surface area (Å²) >= 11 is 0. The first-order valence-electron chi connectivity index (χ1n) is 3.14. The third-order valence-electron chi connectivity index (χ3n) is 0.838. The van der Waals surface area contributed by atoms with E-state index >= 15 is 0 Å². The maximum atomic E-state index is 10.6. The van der Waals surface area contributed by atoms with E-state index in [2.05, 4.69) is 21.0 Å². The molecule has 1 N–H and O–H groups in total. The minimum Gasteiger partial charge on any atom is -0.382 e. The average Bonchev–Trinajstić information content (AvgIpc) is 1.99. The van der Waals surface area contributed by atoms with Gasteiger partial charge in [-0.2, -0.15) is 0 Å². The topological polar surface area (TPSA) is 47.6 Å². The van der Waals surface area contributed by atoms with Gasteiger partial charge in [-0.3, -0.25) is 9.63 Å². The first-order chi connectivity index (χ1) is 5.31. The number of hydroxylamine groups is 1. The highest BCUT2D eigenvalue weighted by Gasteiger charge is 1.95. The van der Waals surface area contributed by atoms with Crippen molar-refractivity contribution in [2.24, 2.45) is 0 Å². The lowest BCUT2D eigenvalue weighted by Crippen LogP contribution is -2.24. The molecule has 0 radical (unpaired) electrons. The number of carbonyl (C=O) groups excluding carboxylic acids is 1. The van der Waals surface area contributed by atoms with Crippen LogP contribution in [0.1, 0.15) is 6.42 Å². The van der Waals surface area contributed by atoms with Crippen LogP contribution >= 0.6 is 0 Å². The quantitative estimate of drug-likeness (QED) is 0.339. The van der Waals surface area contributed by atoms with Gasteiger partial charge < -0.3 is 4.74 Å². The molecule has 11 heavy (non-hydrogen) atoms. The second-order valence-corrected chi connectivity index (χ2v) is 1.75. The maximum Gasteiger partial charge on any atom is 0.255 e. The molecule has 0 unspecified atom stereocenters. The van der Waals surface area contributed by atoms with Gasteiger partial charge in [-0.25, -0.2) is 5.48 Å². The standard InChI is InChI=1S/C7H11NO3/c1-3-4-7(9)8-11-6-5-10-2/h1H,4-6H2,2H3,(H,8,9). The van der Waals surface area contributed by atoms with Gasteiger partial charge in [-0.05, 0) is 0 Å². The lowest BCUT2D eigenvalue weighted by atomic mass is 10.4. The lowest BCUT2D eigenvalue weighted by Gasteiger charge is -2.01. The highest BCUT2D eigenvalue weighted by molar-refractivity contribution is 5.77. The van der Waals surface area contributed by atoms with Gasteiger partial charge in [-0.15, -0.1) is 6.42 Å². The van der Waals surface area contributed by atoms with Crippen LogP contribution in [0, 0.1) is 12.3 Å². The van der Waals surface area contributed by atoms with E-state index in [0.29, 0.717) is 13.2 Å². The van der Waals surface area contributed by atoms with E-state index in [1.807, 2.05) is 0 Å². The summed E-state index contributed by atoms with van der Waals surface area (Å²) in [6.07, 6.45) is 4.90. The number of amides is 1. The third kappa shape index (κ3) is 6.84. The van der Waals surface area contributed by atoms with E-state index in [4.69, 9.17) is 6.42 Å². The third-order valence-corrected chi connectivity index (χ3v) is 0.838. The Morgan fingerprint density at radius 3 is 2.91 bits per heavy atom. The SMILES string of the molecule is C#CCC(=O)NOCCOC. The van der Waals surface area contributed by atoms with Crippen LogP contribution < -0.4 is 5.48 Å². The predicted octanol–water partition coefficient (Wildman–Crippen LogP) is -0.296. The van der Waals surface area contributed by atoms with E-state index < -0.39 is 0 Å². The molecule has 62 valence electrons. The molecular formula is C7H11NO3. The van der Waals surface area contributed by atoms with Gasteiger partial charge in [-0.1, -0.05) is 5.92 Å². The smallest absolute Gasteiger partial charge is 0.255 e. The minimum absolute atomic E-state index is 0.0347. The van der Waals surface area contributed by atoms with Crippen LogP contribution in [0.5, 0.6) is 0 Å². The van der Waals surface area contributed by atoms with Crippen molar-refractivity contribution in [2.75, 3.05) is 20.3 Å². The summed E-state index contributed by atoms with van der Waals surface area (Å²) < 4.78 is 4.67. The largest absolute Gasteiger partial charge is 0.382 e. The molecule has 0 saturated heterocycles. The van der Waals surface area contributed by atoms with Crippen molar-refractivity contribution in [2.45, 2.75) is 6.42 Å². The Morgan fingerprint density at radius 2 is 2.36 bits per heavy atom. The fraction of sp³-hybridized carbons (Fsp3) is 0.571. The number of carbonyl (C=O) groups is 1. The molecular weight excluding hydrogens is 146 g/mol. The van der Waals surface area contributed by atoms with Gasteiger partial charge in [0.15, 0.2) is 0 Å². The Morgan fingerprint density at radius 1 is 1.64 bits per heavy atom. The van der Waals surface area contributed by atoms with Gasteiger partial charge in [0.1, 0.15) is 0 Å². The molecule has 0 bridgehead atoms. The lowest BCUT2D eigenvalue weighted by molar-refractivity contribution is -0.133. The summed E-state index contributed by atoms with van der Waals surface area (Å²) in [6.45, 7) is 0.767. The molecule has 0 fully saturated rings. The Kier molecular flexibility index (Phi) is 6.39. The van der Waals surface area contributed by atoms with Crippen molar-refractivity contribution in [3.05, 3.63) is 0 Å². The van der Waals surface area contributed by atoms with Crippen molar-refractivity contribution in [3.63, 3.8) is 0 Å². The average molecular weight is 157 g/mol. The molecule has 4 heteroatoms. The van der Waals surface area contributed by atoms with E-state index in [1.54, 1.807) is 7.11 Å². The number of methoxy groups -OCH3 is 1. The Hall–Kier alpha value is -1.05. The fourth-order valence-electron chi connectivity index (χ4n) is 0.385. The van der Waals surface area contributed by atoms with Crippen LogP contribution in [-0.4, -0.2) is 26.2 Å². The Labute approximate surface area is 65.8 Å². The zero-order chi connectivity index (χ0) is 8.53. The molecule has 1 amide bonds. The first-order valence-corrected chi connectivity index (χ1v) is 3.14. The molecule has 0 spiro atoms. The number of hydrogen-bond acceptors (Lipinski definition) is 3. The molecule has 0 aromatic heterocycles. The van der Waals surface area contributed by atoms with Crippen LogP contribution in [0.3, 0.4) is 0 Å². The highest BCUT2D eigenvalue weighted by atomic mass is 16.7. The van der Waals surface area contributed by atoms with Crippen LogP contribution in [0.2, 0.25) is 0 Å². The molecule has 0 aromatic carbocycles. The fourth-order valence-corrected chi connectivity index (χ4v) is 0.385. The van der Waals surface area contributed by atoms with E-state index in [-0.39, 0.29) is 12.3 Å². The maximum absolute atomic E-state index is 10.6. The summed E-state index contributed by atoms with van der Waals surface area (Å²) in [5.41, 5.74) is 2.16. The van der Waals surface area contributed by atoms with Crippen molar-refractivity contribution < 1.29 is 14.4 Å². The van der Waals surface area contributed by atoms with Gasteiger partial charge in [0.05, 0.1) is 19.6 Å². The molecule has 0 heterocycles. The first kappa shape index (κ1) is 9.95. The Bertz CT molecular complexity index is 150. The second kappa shape index (κ2) is 7.06. The van der Waals surface area contributed by atoms with Gasteiger partial charge >= 0.3 is 0 Å².